The fourth-order valence-corrected chi connectivity index (χ4v) is 3.13. The van der Waals surface area contributed by atoms with Crippen LogP contribution in [0.4, 0.5) is 4.79 Å². The number of carbonyl (C=O) groups excluding carboxylic acids is 2. The van der Waals surface area contributed by atoms with E-state index in [1.807, 2.05) is 18.2 Å². The fourth-order valence-electron chi connectivity index (χ4n) is 3.13. The Balaban J connectivity index is 2.12. The van der Waals surface area contributed by atoms with Crippen LogP contribution in [0.15, 0.2) is 30.3 Å². The van der Waals surface area contributed by atoms with Crippen LogP contribution in [0, 0.1) is 0 Å². The van der Waals surface area contributed by atoms with Crippen molar-refractivity contribution in [1.82, 2.24) is 10.2 Å². The largest absolute Gasteiger partial charge is 0.467 e. The second kappa shape index (κ2) is 7.87. The van der Waals surface area contributed by atoms with Crippen molar-refractivity contribution in [2.45, 2.75) is 51.3 Å². The van der Waals surface area contributed by atoms with Gasteiger partial charge in [-0.15, -0.1) is 0 Å². The summed E-state index contributed by atoms with van der Waals surface area (Å²) in [6, 6.07) is 10.1. The van der Waals surface area contributed by atoms with Gasteiger partial charge in [-0.25, -0.2) is 9.59 Å². The Kier molecular flexibility index (Phi) is 6.06. The normalized spacial score (nSPS) is 21.4. The molecule has 1 aromatic rings. The van der Waals surface area contributed by atoms with Gasteiger partial charge in [0.1, 0.15) is 5.60 Å². The van der Waals surface area contributed by atoms with Gasteiger partial charge in [0.05, 0.1) is 7.11 Å². The molecule has 0 saturated carbocycles. The summed E-state index contributed by atoms with van der Waals surface area (Å²) in [7, 11) is 1.34. The molecular formula is C19H28N2O4. The number of hydrogen-bond donors (Lipinski definition) is 1. The highest BCUT2D eigenvalue weighted by Crippen LogP contribution is 2.25. The van der Waals surface area contributed by atoms with Gasteiger partial charge >= 0.3 is 12.1 Å². The molecule has 1 fully saturated rings. The predicted octanol–water partition coefficient (Wildman–Crippen LogP) is 2.72. The molecule has 25 heavy (non-hydrogen) atoms. The number of alkyl carbamates (subject to hydrolysis) is 1. The SMILES string of the molecule is COC(=O)C1(NC(=O)OC(C)(C)C)CCCN(Cc2ccccc2)C1. The Hall–Kier alpha value is -2.08. The van der Waals surface area contributed by atoms with E-state index in [0.29, 0.717) is 13.0 Å². The average Bonchev–Trinajstić information content (AvgIpc) is 2.53. The van der Waals surface area contributed by atoms with Crippen molar-refractivity contribution in [3.63, 3.8) is 0 Å². The van der Waals surface area contributed by atoms with Gasteiger partial charge < -0.3 is 14.8 Å². The van der Waals surface area contributed by atoms with Crippen LogP contribution in [0.25, 0.3) is 0 Å². The van der Waals surface area contributed by atoms with Crippen LogP contribution in [-0.4, -0.2) is 48.3 Å². The van der Waals surface area contributed by atoms with Gasteiger partial charge in [0, 0.05) is 13.1 Å². The van der Waals surface area contributed by atoms with Gasteiger partial charge in [0.2, 0.25) is 0 Å². The number of nitrogens with one attached hydrogen (secondary N) is 1. The highest BCUT2D eigenvalue weighted by Gasteiger charge is 2.45. The minimum absolute atomic E-state index is 0.397. The minimum Gasteiger partial charge on any atom is -0.467 e. The number of methoxy groups -OCH3 is 1. The molecule has 1 saturated heterocycles. The molecular weight excluding hydrogens is 320 g/mol. The van der Waals surface area contributed by atoms with E-state index in [2.05, 4.69) is 22.3 Å². The lowest BCUT2D eigenvalue weighted by Crippen LogP contribution is -2.63. The summed E-state index contributed by atoms with van der Waals surface area (Å²) in [6.45, 7) is 7.35. The van der Waals surface area contributed by atoms with Crippen molar-refractivity contribution in [1.29, 1.82) is 0 Å². The summed E-state index contributed by atoms with van der Waals surface area (Å²) >= 11 is 0. The van der Waals surface area contributed by atoms with E-state index < -0.39 is 23.2 Å². The monoisotopic (exact) mass is 348 g/mol. The van der Waals surface area contributed by atoms with E-state index in [1.54, 1.807) is 20.8 Å². The number of esters is 1. The average molecular weight is 348 g/mol. The lowest BCUT2D eigenvalue weighted by atomic mass is 9.88. The van der Waals surface area contributed by atoms with E-state index in [-0.39, 0.29) is 0 Å². The van der Waals surface area contributed by atoms with Crippen molar-refractivity contribution in [3.8, 4) is 0 Å². The fraction of sp³-hybridized carbons (Fsp3) is 0.579. The Morgan fingerprint density at radius 1 is 1.24 bits per heavy atom. The third-order valence-electron chi connectivity index (χ3n) is 4.14. The lowest BCUT2D eigenvalue weighted by molar-refractivity contribution is -0.151. The van der Waals surface area contributed by atoms with Gasteiger partial charge in [0.25, 0.3) is 0 Å². The lowest BCUT2D eigenvalue weighted by Gasteiger charge is -2.41. The van der Waals surface area contributed by atoms with Gasteiger partial charge in [0.15, 0.2) is 5.54 Å². The molecule has 2 rings (SSSR count). The molecule has 1 unspecified atom stereocenters. The zero-order chi connectivity index (χ0) is 18.5. The number of amides is 1. The van der Waals surface area contributed by atoms with Crippen LogP contribution in [-0.2, 0) is 20.8 Å². The maximum atomic E-state index is 12.5. The highest BCUT2D eigenvalue weighted by molar-refractivity contribution is 5.86. The molecule has 0 aliphatic carbocycles. The summed E-state index contributed by atoms with van der Waals surface area (Å²) in [5.74, 6) is -0.434. The highest BCUT2D eigenvalue weighted by atomic mass is 16.6. The maximum Gasteiger partial charge on any atom is 0.408 e. The number of likely N-dealkylation sites (tertiary alicyclic amines) is 1. The third-order valence-corrected chi connectivity index (χ3v) is 4.14. The van der Waals surface area contributed by atoms with Crippen LogP contribution in [0.1, 0.15) is 39.2 Å². The number of ether oxygens (including phenoxy) is 2. The van der Waals surface area contributed by atoms with Crippen LogP contribution >= 0.6 is 0 Å². The first kappa shape index (κ1) is 19.2. The van der Waals surface area contributed by atoms with Gasteiger partial charge in [-0.3, -0.25) is 4.90 Å². The van der Waals surface area contributed by atoms with Crippen molar-refractivity contribution in [2.75, 3.05) is 20.2 Å². The van der Waals surface area contributed by atoms with E-state index in [1.165, 1.54) is 12.7 Å². The molecule has 6 nitrogen and oxygen atoms in total. The predicted molar refractivity (Wildman–Crippen MR) is 95.1 cm³/mol. The van der Waals surface area contributed by atoms with Crippen LogP contribution < -0.4 is 5.32 Å². The van der Waals surface area contributed by atoms with E-state index in [9.17, 15) is 9.59 Å². The summed E-state index contributed by atoms with van der Waals surface area (Å²) in [5, 5.41) is 2.78. The van der Waals surface area contributed by atoms with Crippen LogP contribution in [0.3, 0.4) is 0 Å². The molecule has 1 amide bonds. The van der Waals surface area contributed by atoms with Crippen molar-refractivity contribution >= 4 is 12.1 Å². The summed E-state index contributed by atoms with van der Waals surface area (Å²) in [4.78, 5) is 26.9. The zero-order valence-electron chi connectivity index (χ0n) is 15.5. The topological polar surface area (TPSA) is 67.9 Å². The van der Waals surface area contributed by atoms with Crippen molar-refractivity contribution in [3.05, 3.63) is 35.9 Å². The number of nitrogens with zero attached hydrogens (tertiary/aromatic N) is 1. The minimum atomic E-state index is -1.08. The molecule has 1 aromatic carbocycles. The standard InChI is InChI=1S/C19H28N2O4/c1-18(2,3)25-17(23)20-19(16(22)24-4)11-8-12-21(14-19)13-15-9-6-5-7-10-15/h5-7,9-10H,8,11-14H2,1-4H3,(H,20,23). The molecule has 0 radical (unpaired) electrons. The third kappa shape index (κ3) is 5.46. The Bertz CT molecular complexity index is 597. The van der Waals surface area contributed by atoms with E-state index >= 15 is 0 Å². The van der Waals surface area contributed by atoms with Gasteiger partial charge in [-0.1, -0.05) is 30.3 Å². The number of benzene rings is 1. The van der Waals surface area contributed by atoms with Crippen LogP contribution in [0.5, 0.6) is 0 Å². The molecule has 1 aliphatic heterocycles. The smallest absolute Gasteiger partial charge is 0.408 e. The quantitative estimate of drug-likeness (QED) is 0.848. The zero-order valence-corrected chi connectivity index (χ0v) is 15.5. The second-order valence-electron chi connectivity index (χ2n) is 7.50. The molecule has 0 spiro atoms. The number of carbonyl (C=O) groups is 2. The second-order valence-corrected chi connectivity index (χ2v) is 7.50. The maximum absolute atomic E-state index is 12.5. The van der Waals surface area contributed by atoms with E-state index in [4.69, 9.17) is 9.47 Å². The summed E-state index contributed by atoms with van der Waals surface area (Å²) in [5.41, 5.74) is -0.537. The first-order valence-corrected chi connectivity index (χ1v) is 8.60. The molecule has 1 aliphatic rings. The molecule has 1 heterocycles. The Morgan fingerprint density at radius 2 is 1.92 bits per heavy atom. The molecule has 1 N–H and O–H groups in total. The molecule has 6 heteroatoms. The molecule has 1 atom stereocenters. The van der Waals surface area contributed by atoms with Gasteiger partial charge in [-0.05, 0) is 45.7 Å². The molecule has 0 aromatic heterocycles. The summed E-state index contributed by atoms with van der Waals surface area (Å²) < 4.78 is 10.3. The number of piperidine rings is 1. The Morgan fingerprint density at radius 3 is 2.52 bits per heavy atom. The van der Waals surface area contributed by atoms with E-state index in [0.717, 1.165) is 19.5 Å². The first-order valence-electron chi connectivity index (χ1n) is 8.60. The van der Waals surface area contributed by atoms with Crippen molar-refractivity contribution < 1.29 is 19.1 Å². The number of hydrogen-bond acceptors (Lipinski definition) is 5. The first-order chi connectivity index (χ1) is 11.7. The van der Waals surface area contributed by atoms with Crippen molar-refractivity contribution in [2.24, 2.45) is 0 Å². The Labute approximate surface area is 149 Å². The molecule has 0 bridgehead atoms. The van der Waals surface area contributed by atoms with Crippen LogP contribution in [0.2, 0.25) is 0 Å². The summed E-state index contributed by atoms with van der Waals surface area (Å²) in [6.07, 6.45) is 0.724. The molecule has 138 valence electrons. The van der Waals surface area contributed by atoms with Gasteiger partial charge in [-0.2, -0.15) is 0 Å². The number of rotatable bonds is 4.